The van der Waals surface area contributed by atoms with Crippen molar-refractivity contribution in [2.24, 2.45) is 11.7 Å². The highest BCUT2D eigenvalue weighted by Gasteiger charge is 2.11. The molecule has 0 heterocycles. The van der Waals surface area contributed by atoms with Crippen LogP contribution < -0.4 is 10.5 Å². The first-order chi connectivity index (χ1) is 7.08. The van der Waals surface area contributed by atoms with Gasteiger partial charge in [0, 0.05) is 0 Å². The summed E-state index contributed by atoms with van der Waals surface area (Å²) in [5, 5.41) is 0. The maximum Gasteiger partial charge on any atom is 0.133 e. The van der Waals surface area contributed by atoms with Gasteiger partial charge in [0.1, 0.15) is 11.6 Å². The molecule has 0 saturated heterocycles. The molecule has 1 aromatic carbocycles. The van der Waals surface area contributed by atoms with Crippen LogP contribution in [0.2, 0.25) is 0 Å². The Kier molecular flexibility index (Phi) is 4.54. The Bertz CT molecular complexity index is 344. The molecule has 2 N–H and O–H groups in total. The topological polar surface area (TPSA) is 35.2 Å². The molecule has 0 aromatic heterocycles. The number of rotatable bonds is 4. The fourth-order valence-corrected chi connectivity index (χ4v) is 1.82. The van der Waals surface area contributed by atoms with Crippen LogP contribution in [0.1, 0.15) is 12.5 Å². The van der Waals surface area contributed by atoms with Gasteiger partial charge in [0.05, 0.1) is 11.6 Å². The Morgan fingerprint density at radius 2 is 2.20 bits per heavy atom. The molecule has 0 bridgehead atoms. The van der Waals surface area contributed by atoms with E-state index in [1.165, 1.54) is 6.07 Å². The molecule has 1 unspecified atom stereocenters. The molecule has 2 nitrogen and oxygen atoms in total. The third-order valence-electron chi connectivity index (χ3n) is 2.29. The van der Waals surface area contributed by atoms with Gasteiger partial charge in [0.15, 0.2) is 0 Å². The second-order valence-electron chi connectivity index (χ2n) is 3.62. The lowest BCUT2D eigenvalue weighted by Crippen LogP contribution is -2.14. The van der Waals surface area contributed by atoms with Crippen molar-refractivity contribution in [2.45, 2.75) is 13.3 Å². The van der Waals surface area contributed by atoms with Gasteiger partial charge >= 0.3 is 0 Å². The zero-order valence-electron chi connectivity index (χ0n) is 8.89. The normalized spacial score (nSPS) is 12.6. The standard InChI is InChI=1S/C11H15BrFNO/c1-7(6-14)3-8-4-11(15-2)9(12)5-10(8)13/h4-5,7H,3,6,14H2,1-2H3. The fraction of sp³-hybridized carbons (Fsp3) is 0.455. The lowest BCUT2D eigenvalue weighted by atomic mass is 10.0. The summed E-state index contributed by atoms with van der Waals surface area (Å²) in [6, 6.07) is 3.14. The van der Waals surface area contributed by atoms with E-state index in [2.05, 4.69) is 15.9 Å². The summed E-state index contributed by atoms with van der Waals surface area (Å²) < 4.78 is 19.3. The van der Waals surface area contributed by atoms with E-state index in [0.717, 1.165) is 0 Å². The molecule has 0 aliphatic rings. The van der Waals surface area contributed by atoms with Crippen molar-refractivity contribution >= 4 is 15.9 Å². The minimum absolute atomic E-state index is 0.219. The molecule has 15 heavy (non-hydrogen) atoms. The summed E-state index contributed by atoms with van der Waals surface area (Å²) in [5.74, 6) is 0.698. The van der Waals surface area contributed by atoms with Crippen molar-refractivity contribution in [3.63, 3.8) is 0 Å². The lowest BCUT2D eigenvalue weighted by molar-refractivity contribution is 0.409. The second-order valence-corrected chi connectivity index (χ2v) is 4.48. The molecule has 0 radical (unpaired) electrons. The predicted molar refractivity (Wildman–Crippen MR) is 62.6 cm³/mol. The minimum Gasteiger partial charge on any atom is -0.496 e. The van der Waals surface area contributed by atoms with Crippen LogP contribution in [0.4, 0.5) is 4.39 Å². The number of nitrogens with two attached hydrogens (primary N) is 1. The van der Waals surface area contributed by atoms with Crippen molar-refractivity contribution in [2.75, 3.05) is 13.7 Å². The Morgan fingerprint density at radius 1 is 1.53 bits per heavy atom. The van der Waals surface area contributed by atoms with Gasteiger partial charge in [-0.1, -0.05) is 6.92 Å². The third kappa shape index (κ3) is 3.18. The molecule has 84 valence electrons. The average molecular weight is 276 g/mol. The van der Waals surface area contributed by atoms with E-state index in [9.17, 15) is 4.39 Å². The van der Waals surface area contributed by atoms with Gasteiger partial charge in [-0.15, -0.1) is 0 Å². The number of benzene rings is 1. The van der Waals surface area contributed by atoms with Crippen LogP contribution in [0, 0.1) is 11.7 Å². The van der Waals surface area contributed by atoms with Crippen molar-refractivity contribution in [1.29, 1.82) is 0 Å². The zero-order chi connectivity index (χ0) is 11.4. The van der Waals surface area contributed by atoms with Crippen molar-refractivity contribution in [1.82, 2.24) is 0 Å². The van der Waals surface area contributed by atoms with Gasteiger partial charge in [-0.05, 0) is 52.5 Å². The van der Waals surface area contributed by atoms with Crippen molar-refractivity contribution < 1.29 is 9.13 Å². The van der Waals surface area contributed by atoms with Crippen molar-refractivity contribution in [3.8, 4) is 5.75 Å². The van der Waals surface area contributed by atoms with Crippen LogP contribution in [0.5, 0.6) is 5.75 Å². The van der Waals surface area contributed by atoms with E-state index in [4.69, 9.17) is 10.5 Å². The van der Waals surface area contributed by atoms with E-state index >= 15 is 0 Å². The minimum atomic E-state index is -0.219. The molecule has 1 aromatic rings. The highest BCUT2D eigenvalue weighted by molar-refractivity contribution is 9.10. The first-order valence-corrected chi connectivity index (χ1v) is 5.59. The third-order valence-corrected chi connectivity index (χ3v) is 2.91. The maximum absolute atomic E-state index is 13.5. The SMILES string of the molecule is COc1cc(CC(C)CN)c(F)cc1Br. The largest absolute Gasteiger partial charge is 0.496 e. The van der Waals surface area contributed by atoms with Crippen molar-refractivity contribution in [3.05, 3.63) is 28.0 Å². The van der Waals surface area contributed by atoms with Gasteiger partial charge in [-0.25, -0.2) is 4.39 Å². The number of hydrogen-bond acceptors (Lipinski definition) is 2. The van der Waals surface area contributed by atoms with E-state index in [0.29, 0.717) is 28.8 Å². The molecule has 1 atom stereocenters. The van der Waals surface area contributed by atoms with E-state index in [1.54, 1.807) is 13.2 Å². The summed E-state index contributed by atoms with van der Waals surface area (Å²) in [7, 11) is 1.56. The van der Waals surface area contributed by atoms with E-state index < -0.39 is 0 Å². The zero-order valence-corrected chi connectivity index (χ0v) is 10.5. The highest BCUT2D eigenvalue weighted by Crippen LogP contribution is 2.28. The van der Waals surface area contributed by atoms with Gasteiger partial charge < -0.3 is 10.5 Å². The van der Waals surface area contributed by atoms with Crippen LogP contribution in [0.25, 0.3) is 0 Å². The van der Waals surface area contributed by atoms with Crippen LogP contribution in [0.15, 0.2) is 16.6 Å². The molecule has 0 spiro atoms. The lowest BCUT2D eigenvalue weighted by Gasteiger charge is -2.11. The predicted octanol–water partition coefficient (Wildman–Crippen LogP) is 2.73. The molecular weight excluding hydrogens is 261 g/mol. The maximum atomic E-state index is 13.5. The van der Waals surface area contributed by atoms with Crippen LogP contribution in [-0.4, -0.2) is 13.7 Å². The summed E-state index contributed by atoms with van der Waals surface area (Å²) in [4.78, 5) is 0. The molecule has 0 fully saturated rings. The summed E-state index contributed by atoms with van der Waals surface area (Å²) in [6.07, 6.45) is 0.631. The molecule has 0 aliphatic carbocycles. The van der Waals surface area contributed by atoms with Crippen LogP contribution >= 0.6 is 15.9 Å². The molecule has 4 heteroatoms. The molecule has 0 amide bonds. The van der Waals surface area contributed by atoms with Crippen LogP contribution in [0.3, 0.4) is 0 Å². The van der Waals surface area contributed by atoms with Gasteiger partial charge in [0.2, 0.25) is 0 Å². The first-order valence-electron chi connectivity index (χ1n) is 4.80. The highest BCUT2D eigenvalue weighted by atomic mass is 79.9. The van der Waals surface area contributed by atoms with E-state index in [1.807, 2.05) is 6.92 Å². The average Bonchev–Trinajstić information content (AvgIpc) is 2.21. The Morgan fingerprint density at radius 3 is 2.73 bits per heavy atom. The van der Waals surface area contributed by atoms with Gasteiger partial charge in [-0.2, -0.15) is 0 Å². The Hall–Kier alpha value is -0.610. The van der Waals surface area contributed by atoms with Crippen LogP contribution in [-0.2, 0) is 6.42 Å². The van der Waals surface area contributed by atoms with E-state index in [-0.39, 0.29) is 11.7 Å². The molecule has 0 aliphatic heterocycles. The number of ether oxygens (including phenoxy) is 1. The number of methoxy groups -OCH3 is 1. The molecule has 1 rings (SSSR count). The quantitative estimate of drug-likeness (QED) is 0.917. The molecular formula is C11H15BrFNO. The number of hydrogen-bond donors (Lipinski definition) is 1. The fourth-order valence-electron chi connectivity index (χ4n) is 1.34. The molecule has 0 saturated carbocycles. The Balaban J connectivity index is 2.97. The smallest absolute Gasteiger partial charge is 0.133 e. The van der Waals surface area contributed by atoms with Gasteiger partial charge in [0.25, 0.3) is 0 Å². The number of halogens is 2. The summed E-state index contributed by atoms with van der Waals surface area (Å²) in [6.45, 7) is 2.55. The monoisotopic (exact) mass is 275 g/mol. The second kappa shape index (κ2) is 5.47. The Labute approximate surface area is 97.7 Å². The van der Waals surface area contributed by atoms with Gasteiger partial charge in [-0.3, -0.25) is 0 Å². The first kappa shape index (κ1) is 12.5. The summed E-state index contributed by atoms with van der Waals surface area (Å²) in [5.41, 5.74) is 6.15. The summed E-state index contributed by atoms with van der Waals surface area (Å²) >= 11 is 3.24.